The number of hydrogen-bond donors (Lipinski definition) is 0. The van der Waals surface area contributed by atoms with Gasteiger partial charge < -0.3 is 4.90 Å². The minimum atomic E-state index is -0.0651. The maximum Gasteiger partial charge on any atom is 0.223 e. The van der Waals surface area contributed by atoms with Crippen LogP contribution in [0.5, 0.6) is 0 Å². The Balaban J connectivity index is 1.62. The molecule has 2 aromatic carbocycles. The zero-order valence-electron chi connectivity index (χ0n) is 15.2. The average molecular weight is 368 g/mol. The first-order chi connectivity index (χ1) is 12.7. The van der Waals surface area contributed by atoms with Crippen LogP contribution in [0.2, 0.25) is 5.02 Å². The van der Waals surface area contributed by atoms with Gasteiger partial charge in [0.25, 0.3) is 0 Å². The number of hydrogen-bond acceptors (Lipinski definition) is 1. The van der Waals surface area contributed by atoms with Crippen molar-refractivity contribution < 1.29 is 4.79 Å². The number of halogens is 1. The summed E-state index contributed by atoms with van der Waals surface area (Å²) in [7, 11) is 0. The van der Waals surface area contributed by atoms with Gasteiger partial charge in [-0.1, -0.05) is 79.7 Å². The number of rotatable bonds is 4. The molecule has 1 aliphatic carbocycles. The summed E-state index contributed by atoms with van der Waals surface area (Å²) in [4.78, 5) is 15.2. The van der Waals surface area contributed by atoms with Crippen LogP contribution in [0.1, 0.15) is 61.3 Å². The molecule has 1 saturated carbocycles. The van der Waals surface area contributed by atoms with Crippen LogP contribution in [0.15, 0.2) is 48.5 Å². The molecule has 2 aromatic rings. The molecular weight excluding hydrogens is 342 g/mol. The fraction of sp³-hybridized carbons (Fsp3) is 0.435. The Morgan fingerprint density at radius 3 is 2.46 bits per heavy atom. The van der Waals surface area contributed by atoms with Crippen molar-refractivity contribution in [1.82, 2.24) is 4.90 Å². The molecule has 1 atom stereocenters. The van der Waals surface area contributed by atoms with Crippen LogP contribution in [0.25, 0.3) is 0 Å². The number of carbonyl (C=O) groups excluding carboxylic acids is 1. The lowest BCUT2D eigenvalue weighted by Gasteiger charge is -2.38. The second-order valence-electron chi connectivity index (χ2n) is 7.65. The summed E-state index contributed by atoms with van der Waals surface area (Å²) in [6, 6.07) is 16.4. The van der Waals surface area contributed by atoms with E-state index < -0.39 is 0 Å². The van der Waals surface area contributed by atoms with Crippen molar-refractivity contribution in [3.8, 4) is 0 Å². The summed E-state index contributed by atoms with van der Waals surface area (Å²) in [6.07, 6.45) is 7.87. The first kappa shape index (κ1) is 17.6. The normalized spacial score (nSPS) is 20.2. The molecule has 0 saturated heterocycles. The summed E-state index contributed by atoms with van der Waals surface area (Å²) >= 11 is 6.54. The van der Waals surface area contributed by atoms with Crippen molar-refractivity contribution in [3.05, 3.63) is 70.2 Å². The maximum absolute atomic E-state index is 13.1. The van der Waals surface area contributed by atoms with E-state index in [-0.39, 0.29) is 11.9 Å². The molecule has 0 bridgehead atoms. The van der Waals surface area contributed by atoms with Crippen LogP contribution in [0.4, 0.5) is 0 Å². The molecule has 1 unspecified atom stereocenters. The van der Waals surface area contributed by atoms with Gasteiger partial charge in [-0.05, 0) is 41.5 Å². The zero-order chi connectivity index (χ0) is 17.9. The van der Waals surface area contributed by atoms with Crippen LogP contribution in [-0.4, -0.2) is 17.4 Å². The molecule has 1 amide bonds. The van der Waals surface area contributed by atoms with Gasteiger partial charge >= 0.3 is 0 Å². The molecule has 4 rings (SSSR count). The van der Waals surface area contributed by atoms with Crippen molar-refractivity contribution in [1.29, 1.82) is 0 Å². The summed E-state index contributed by atoms with van der Waals surface area (Å²) in [6.45, 7) is 0.774. The minimum Gasteiger partial charge on any atom is -0.331 e. The Morgan fingerprint density at radius 1 is 1.00 bits per heavy atom. The number of benzene rings is 2. The molecule has 1 fully saturated rings. The highest BCUT2D eigenvalue weighted by Crippen LogP contribution is 2.39. The molecule has 136 valence electrons. The highest BCUT2D eigenvalue weighted by atomic mass is 35.5. The van der Waals surface area contributed by atoms with Crippen LogP contribution in [0, 0.1) is 5.92 Å². The Bertz CT molecular complexity index is 781. The summed E-state index contributed by atoms with van der Waals surface area (Å²) < 4.78 is 0. The second-order valence-corrected chi connectivity index (χ2v) is 8.06. The average Bonchev–Trinajstić information content (AvgIpc) is 3.19. The Kier molecular flexibility index (Phi) is 5.31. The minimum absolute atomic E-state index is 0.0651. The topological polar surface area (TPSA) is 20.3 Å². The maximum atomic E-state index is 13.1. The Labute approximate surface area is 161 Å². The smallest absolute Gasteiger partial charge is 0.223 e. The Morgan fingerprint density at radius 2 is 1.69 bits per heavy atom. The number of carbonyl (C=O) groups is 1. The number of fused-ring (bicyclic) bond motifs is 1. The third-order valence-electron chi connectivity index (χ3n) is 6.04. The van der Waals surface area contributed by atoms with E-state index in [0.717, 1.165) is 35.9 Å². The second kappa shape index (κ2) is 7.84. The molecule has 26 heavy (non-hydrogen) atoms. The zero-order valence-corrected chi connectivity index (χ0v) is 15.9. The molecule has 3 heteroatoms. The Hall–Kier alpha value is -1.80. The van der Waals surface area contributed by atoms with E-state index in [1.165, 1.54) is 36.8 Å². The van der Waals surface area contributed by atoms with Crippen molar-refractivity contribution in [2.75, 3.05) is 6.54 Å². The highest BCUT2D eigenvalue weighted by molar-refractivity contribution is 6.31. The quantitative estimate of drug-likeness (QED) is 0.670. The van der Waals surface area contributed by atoms with Crippen molar-refractivity contribution >= 4 is 17.5 Å². The number of amides is 1. The molecule has 0 N–H and O–H groups in total. The van der Waals surface area contributed by atoms with E-state index in [1.54, 1.807) is 0 Å². The lowest BCUT2D eigenvalue weighted by atomic mass is 9.87. The summed E-state index contributed by atoms with van der Waals surface area (Å²) in [5, 5.41) is 0.739. The van der Waals surface area contributed by atoms with Crippen molar-refractivity contribution in [2.45, 2.75) is 51.0 Å². The monoisotopic (exact) mass is 367 g/mol. The standard InChI is InChI=1S/C23H26ClNO/c24-21-12-6-5-11-20(21)23-19-10-4-3-9-18(19)15-16-25(23)22(26)14-13-17-7-1-2-8-17/h3-6,9-12,17,23H,1-2,7-8,13-16H2. The van der Waals surface area contributed by atoms with E-state index in [4.69, 9.17) is 11.6 Å². The molecule has 0 spiro atoms. The predicted octanol–water partition coefficient (Wildman–Crippen LogP) is 5.78. The lowest BCUT2D eigenvalue weighted by molar-refractivity contribution is -0.133. The number of nitrogens with zero attached hydrogens (tertiary/aromatic N) is 1. The van der Waals surface area contributed by atoms with Gasteiger partial charge in [-0.25, -0.2) is 0 Å². The summed E-state index contributed by atoms with van der Waals surface area (Å²) in [5.41, 5.74) is 3.59. The van der Waals surface area contributed by atoms with Crippen LogP contribution < -0.4 is 0 Å². The molecular formula is C23H26ClNO. The molecule has 0 aromatic heterocycles. The first-order valence-electron chi connectivity index (χ1n) is 9.86. The van der Waals surface area contributed by atoms with E-state index in [9.17, 15) is 4.79 Å². The van der Waals surface area contributed by atoms with E-state index >= 15 is 0 Å². The third kappa shape index (κ3) is 3.53. The summed E-state index contributed by atoms with van der Waals surface area (Å²) in [5.74, 6) is 1.02. The highest BCUT2D eigenvalue weighted by Gasteiger charge is 2.33. The largest absolute Gasteiger partial charge is 0.331 e. The molecule has 1 aliphatic heterocycles. The fourth-order valence-electron chi connectivity index (χ4n) is 4.64. The molecule has 2 nitrogen and oxygen atoms in total. The lowest BCUT2D eigenvalue weighted by Crippen LogP contribution is -2.40. The van der Waals surface area contributed by atoms with Crippen LogP contribution in [-0.2, 0) is 11.2 Å². The van der Waals surface area contributed by atoms with Gasteiger partial charge in [0.1, 0.15) is 0 Å². The van der Waals surface area contributed by atoms with Crippen LogP contribution in [0.3, 0.4) is 0 Å². The van der Waals surface area contributed by atoms with Crippen LogP contribution >= 0.6 is 11.6 Å². The third-order valence-corrected chi connectivity index (χ3v) is 6.39. The van der Waals surface area contributed by atoms with Gasteiger partial charge in [-0.2, -0.15) is 0 Å². The van der Waals surface area contributed by atoms with E-state index in [1.807, 2.05) is 18.2 Å². The van der Waals surface area contributed by atoms with Crippen molar-refractivity contribution in [2.24, 2.45) is 5.92 Å². The van der Waals surface area contributed by atoms with E-state index in [2.05, 4.69) is 35.2 Å². The SMILES string of the molecule is O=C(CCC1CCCC1)N1CCc2ccccc2C1c1ccccc1Cl. The van der Waals surface area contributed by atoms with Gasteiger partial charge in [-0.15, -0.1) is 0 Å². The van der Waals surface area contributed by atoms with E-state index in [0.29, 0.717) is 6.42 Å². The molecule has 0 radical (unpaired) electrons. The van der Waals surface area contributed by atoms with Gasteiger partial charge in [0.05, 0.1) is 6.04 Å². The van der Waals surface area contributed by atoms with Crippen molar-refractivity contribution in [3.63, 3.8) is 0 Å². The van der Waals surface area contributed by atoms with Gasteiger partial charge in [0.15, 0.2) is 0 Å². The first-order valence-corrected chi connectivity index (χ1v) is 10.2. The molecule has 2 aliphatic rings. The van der Waals surface area contributed by atoms with Gasteiger partial charge in [0, 0.05) is 18.0 Å². The van der Waals surface area contributed by atoms with Gasteiger partial charge in [0.2, 0.25) is 5.91 Å². The molecule has 1 heterocycles. The predicted molar refractivity (Wildman–Crippen MR) is 106 cm³/mol. The van der Waals surface area contributed by atoms with Gasteiger partial charge in [-0.3, -0.25) is 4.79 Å². The fourth-order valence-corrected chi connectivity index (χ4v) is 4.88.